The van der Waals surface area contributed by atoms with Crippen molar-refractivity contribution < 1.29 is 4.79 Å². The van der Waals surface area contributed by atoms with Crippen LogP contribution in [0.2, 0.25) is 0 Å². The summed E-state index contributed by atoms with van der Waals surface area (Å²) in [6.07, 6.45) is 2.49. The molecule has 2 atom stereocenters. The van der Waals surface area contributed by atoms with Gasteiger partial charge in [0.05, 0.1) is 0 Å². The quantitative estimate of drug-likeness (QED) is 0.866. The number of nitrogens with one attached hydrogen (secondary N) is 2. The lowest BCUT2D eigenvalue weighted by atomic mass is 10.1. The van der Waals surface area contributed by atoms with E-state index in [0.29, 0.717) is 18.0 Å². The highest BCUT2D eigenvalue weighted by atomic mass is 16.2. The Morgan fingerprint density at radius 3 is 2.35 bits per heavy atom. The minimum absolute atomic E-state index is 0.0289. The Balaban J connectivity index is 1.93. The van der Waals surface area contributed by atoms with Crippen LogP contribution in [0.3, 0.4) is 0 Å². The summed E-state index contributed by atoms with van der Waals surface area (Å²) in [7, 11) is 3.81. The zero-order valence-corrected chi connectivity index (χ0v) is 12.8. The molecule has 0 aromatic heterocycles. The van der Waals surface area contributed by atoms with Crippen molar-refractivity contribution in [3.8, 4) is 0 Å². The van der Waals surface area contributed by atoms with Crippen molar-refractivity contribution in [1.29, 1.82) is 0 Å². The van der Waals surface area contributed by atoms with Gasteiger partial charge in [-0.2, -0.15) is 0 Å². The first-order chi connectivity index (χ1) is 9.52. The monoisotopic (exact) mass is 275 g/mol. The number of hydrogen-bond donors (Lipinski definition) is 2. The van der Waals surface area contributed by atoms with Gasteiger partial charge in [-0.15, -0.1) is 0 Å². The van der Waals surface area contributed by atoms with E-state index in [4.69, 9.17) is 0 Å². The van der Waals surface area contributed by atoms with Crippen molar-refractivity contribution in [2.75, 3.05) is 19.4 Å². The van der Waals surface area contributed by atoms with Crippen molar-refractivity contribution in [1.82, 2.24) is 10.2 Å². The average molecular weight is 275 g/mol. The molecule has 1 aliphatic rings. The van der Waals surface area contributed by atoms with E-state index in [0.717, 1.165) is 5.69 Å². The Bertz CT molecular complexity index is 453. The predicted molar refractivity (Wildman–Crippen MR) is 82.9 cm³/mol. The summed E-state index contributed by atoms with van der Waals surface area (Å²) in [4.78, 5) is 14.0. The lowest BCUT2D eigenvalue weighted by Gasteiger charge is -2.25. The molecule has 2 rings (SSSR count). The van der Waals surface area contributed by atoms with Crippen LogP contribution in [0.5, 0.6) is 0 Å². The second kappa shape index (κ2) is 6.27. The van der Waals surface area contributed by atoms with Crippen molar-refractivity contribution in [3.05, 3.63) is 29.8 Å². The molecule has 1 fully saturated rings. The molecule has 2 N–H and O–H groups in total. The van der Waals surface area contributed by atoms with Gasteiger partial charge in [-0.25, -0.2) is 4.79 Å². The molecule has 1 aliphatic carbocycles. The molecule has 0 heterocycles. The Hall–Kier alpha value is -1.55. The van der Waals surface area contributed by atoms with E-state index >= 15 is 0 Å². The second-order valence-corrected chi connectivity index (χ2v) is 5.75. The molecule has 20 heavy (non-hydrogen) atoms. The van der Waals surface area contributed by atoms with Crippen molar-refractivity contribution in [3.63, 3.8) is 0 Å². The summed E-state index contributed by atoms with van der Waals surface area (Å²) in [5.41, 5.74) is 2.06. The molecule has 1 saturated carbocycles. The fourth-order valence-electron chi connectivity index (χ4n) is 2.31. The van der Waals surface area contributed by atoms with Gasteiger partial charge in [-0.1, -0.05) is 12.1 Å². The molecular formula is C16H25N3O. The van der Waals surface area contributed by atoms with Crippen LogP contribution in [0, 0.1) is 5.92 Å². The van der Waals surface area contributed by atoms with Gasteiger partial charge in [0, 0.05) is 24.8 Å². The van der Waals surface area contributed by atoms with Gasteiger partial charge in [0.25, 0.3) is 0 Å². The third-order valence-electron chi connectivity index (χ3n) is 4.33. The first-order valence-electron chi connectivity index (χ1n) is 7.34. The van der Waals surface area contributed by atoms with Crippen LogP contribution in [0.15, 0.2) is 24.3 Å². The van der Waals surface area contributed by atoms with Gasteiger partial charge in [-0.3, -0.25) is 0 Å². The number of carbonyl (C=O) groups excluding carboxylic acids is 1. The summed E-state index contributed by atoms with van der Waals surface area (Å²) in [6, 6.07) is 8.60. The molecular weight excluding hydrogens is 250 g/mol. The minimum atomic E-state index is -0.0289. The van der Waals surface area contributed by atoms with E-state index < -0.39 is 0 Å². The van der Waals surface area contributed by atoms with Crippen LogP contribution in [-0.2, 0) is 0 Å². The maximum Gasteiger partial charge on any atom is 0.321 e. The van der Waals surface area contributed by atoms with E-state index in [9.17, 15) is 4.79 Å². The third kappa shape index (κ3) is 3.51. The largest absolute Gasteiger partial charge is 0.325 e. The first-order valence-corrected chi connectivity index (χ1v) is 7.34. The molecule has 1 aromatic rings. The Labute approximate surface area is 121 Å². The molecule has 2 amide bonds. The molecule has 110 valence electrons. The van der Waals surface area contributed by atoms with Crippen LogP contribution in [0.25, 0.3) is 0 Å². The van der Waals surface area contributed by atoms with Crippen LogP contribution in [0.4, 0.5) is 10.5 Å². The van der Waals surface area contributed by atoms with E-state index in [2.05, 4.69) is 24.5 Å². The molecule has 0 radical (unpaired) electrons. The molecule has 0 bridgehead atoms. The fourth-order valence-corrected chi connectivity index (χ4v) is 2.31. The zero-order chi connectivity index (χ0) is 14.7. The van der Waals surface area contributed by atoms with Crippen LogP contribution < -0.4 is 10.6 Å². The van der Waals surface area contributed by atoms with Crippen molar-refractivity contribution >= 4 is 11.7 Å². The maximum atomic E-state index is 12.2. The Morgan fingerprint density at radius 1 is 1.25 bits per heavy atom. The predicted octanol–water partition coefficient (Wildman–Crippen LogP) is 3.23. The van der Waals surface area contributed by atoms with Crippen molar-refractivity contribution in [2.24, 2.45) is 5.92 Å². The third-order valence-corrected chi connectivity index (χ3v) is 4.33. The Morgan fingerprint density at radius 2 is 1.85 bits per heavy atom. The van der Waals surface area contributed by atoms with E-state index in [1.54, 1.807) is 0 Å². The van der Waals surface area contributed by atoms with Gasteiger partial charge < -0.3 is 15.5 Å². The van der Waals surface area contributed by atoms with Crippen molar-refractivity contribution in [2.45, 2.75) is 38.8 Å². The molecule has 0 saturated heterocycles. The summed E-state index contributed by atoms with van der Waals surface area (Å²) >= 11 is 0. The molecule has 4 heteroatoms. The van der Waals surface area contributed by atoms with E-state index in [1.807, 2.05) is 43.3 Å². The van der Waals surface area contributed by atoms with Gasteiger partial charge in [0.15, 0.2) is 0 Å². The summed E-state index contributed by atoms with van der Waals surface area (Å²) in [5.74, 6) is 0.685. The van der Waals surface area contributed by atoms with Gasteiger partial charge >= 0.3 is 6.03 Å². The van der Waals surface area contributed by atoms with Gasteiger partial charge in [0.2, 0.25) is 0 Å². The number of hydrogen-bond acceptors (Lipinski definition) is 2. The number of benzene rings is 1. The molecule has 1 aromatic carbocycles. The Kier molecular flexibility index (Phi) is 4.65. The molecule has 0 aliphatic heterocycles. The maximum absolute atomic E-state index is 12.2. The SMILES string of the molecule is CNC(C)c1ccc(NC(=O)N(C)C(C)C2CC2)cc1. The molecule has 0 spiro atoms. The second-order valence-electron chi connectivity index (χ2n) is 5.75. The number of carbonyl (C=O) groups is 1. The fraction of sp³-hybridized carbons (Fsp3) is 0.562. The number of nitrogens with zero attached hydrogens (tertiary/aromatic N) is 1. The lowest BCUT2D eigenvalue weighted by Crippen LogP contribution is -2.39. The van der Waals surface area contributed by atoms with E-state index in [-0.39, 0.29) is 6.03 Å². The zero-order valence-electron chi connectivity index (χ0n) is 12.8. The average Bonchev–Trinajstić information content (AvgIpc) is 3.30. The highest BCUT2D eigenvalue weighted by Gasteiger charge is 2.32. The number of urea groups is 1. The van der Waals surface area contributed by atoms with Crippen LogP contribution in [-0.4, -0.2) is 31.1 Å². The molecule has 2 unspecified atom stereocenters. The van der Waals surface area contributed by atoms with E-state index in [1.165, 1.54) is 18.4 Å². The van der Waals surface area contributed by atoms with Gasteiger partial charge in [0.1, 0.15) is 0 Å². The number of amides is 2. The highest BCUT2D eigenvalue weighted by molar-refractivity contribution is 5.89. The summed E-state index contributed by atoms with van der Waals surface area (Å²) in [6.45, 7) is 4.23. The molecule has 4 nitrogen and oxygen atoms in total. The topological polar surface area (TPSA) is 44.4 Å². The lowest BCUT2D eigenvalue weighted by molar-refractivity contribution is 0.201. The summed E-state index contributed by atoms with van der Waals surface area (Å²) in [5, 5.41) is 6.15. The summed E-state index contributed by atoms with van der Waals surface area (Å²) < 4.78 is 0. The van der Waals surface area contributed by atoms with Crippen LogP contribution >= 0.6 is 0 Å². The normalized spacial score (nSPS) is 17.4. The van der Waals surface area contributed by atoms with Gasteiger partial charge in [-0.05, 0) is 57.4 Å². The standard InChI is InChI=1S/C16H25N3O/c1-11(17-3)13-7-9-15(10-8-13)18-16(20)19(4)12(2)14-5-6-14/h7-12,14,17H,5-6H2,1-4H3,(H,18,20). The highest BCUT2D eigenvalue weighted by Crippen LogP contribution is 2.34. The minimum Gasteiger partial charge on any atom is -0.325 e. The smallest absolute Gasteiger partial charge is 0.321 e. The number of rotatable bonds is 5. The number of anilines is 1. The first kappa shape index (κ1) is 14.9. The van der Waals surface area contributed by atoms with Crippen LogP contribution in [0.1, 0.15) is 38.3 Å².